The van der Waals surface area contributed by atoms with Crippen LogP contribution < -0.4 is 0 Å². The number of hydrogen-bond donors (Lipinski definition) is 3. The van der Waals surface area contributed by atoms with Gasteiger partial charge in [0.1, 0.15) is 0 Å². The lowest BCUT2D eigenvalue weighted by Crippen LogP contribution is -2.16. The van der Waals surface area contributed by atoms with Gasteiger partial charge < -0.3 is 5.11 Å². The van der Waals surface area contributed by atoms with Gasteiger partial charge in [-0.1, -0.05) is 33.1 Å². The Morgan fingerprint density at radius 3 is 2.04 bits per heavy atom. The molecule has 0 aliphatic carbocycles. The van der Waals surface area contributed by atoms with Gasteiger partial charge in [-0.2, -0.15) is 16.8 Å². The highest BCUT2D eigenvalue weighted by Crippen LogP contribution is 2.35. The van der Waals surface area contributed by atoms with Crippen LogP contribution in [0.25, 0.3) is 0 Å². The van der Waals surface area contributed by atoms with Crippen LogP contribution in [0.15, 0.2) is 21.9 Å². The summed E-state index contributed by atoms with van der Waals surface area (Å²) in [5, 5.41) is 9.41. The number of hydrogen-bond acceptors (Lipinski definition) is 5. The Bertz CT molecular complexity index is 841. The molecule has 0 aromatic heterocycles. The number of carboxylic acids is 1. The largest absolute Gasteiger partial charge is 0.478 e. The monoisotopic (exact) mass is 394 g/mol. The van der Waals surface area contributed by atoms with Gasteiger partial charge >= 0.3 is 5.97 Å². The lowest BCUT2D eigenvalue weighted by atomic mass is 9.87. The van der Waals surface area contributed by atoms with Crippen molar-refractivity contribution in [2.45, 2.75) is 61.7 Å². The molecule has 0 aliphatic rings. The molecule has 0 heterocycles. The van der Waals surface area contributed by atoms with Crippen molar-refractivity contribution in [2.24, 2.45) is 0 Å². The van der Waals surface area contributed by atoms with Crippen molar-refractivity contribution < 1.29 is 35.8 Å². The summed E-state index contributed by atoms with van der Waals surface area (Å²) in [7, 11) is -9.75. The molecule has 1 aromatic rings. The molecule has 0 saturated heterocycles. The average molecular weight is 394 g/mol. The molecular weight excluding hydrogens is 372 g/mol. The van der Waals surface area contributed by atoms with Gasteiger partial charge in [0.15, 0.2) is 0 Å². The summed E-state index contributed by atoms with van der Waals surface area (Å²) >= 11 is 0. The van der Waals surface area contributed by atoms with Crippen molar-refractivity contribution in [3.8, 4) is 0 Å². The van der Waals surface area contributed by atoms with Crippen LogP contribution in [0.4, 0.5) is 0 Å². The molecule has 0 fully saturated rings. The number of carbonyl (C=O) groups is 1. The second kappa shape index (κ2) is 8.26. The minimum atomic E-state index is -4.90. The molecule has 0 amide bonds. The van der Waals surface area contributed by atoms with E-state index >= 15 is 0 Å². The normalized spacial score (nSPS) is 13.6. The van der Waals surface area contributed by atoms with E-state index in [0.717, 1.165) is 19.3 Å². The quantitative estimate of drug-likeness (QED) is 0.428. The molecule has 0 spiro atoms. The van der Waals surface area contributed by atoms with Gasteiger partial charge in [-0.15, -0.1) is 0 Å². The van der Waals surface area contributed by atoms with Crippen LogP contribution in [-0.2, 0) is 20.2 Å². The fourth-order valence-corrected chi connectivity index (χ4v) is 4.19. The van der Waals surface area contributed by atoms with Crippen LogP contribution in [0.1, 0.15) is 67.8 Å². The summed E-state index contributed by atoms with van der Waals surface area (Å²) in [6.45, 7) is 3.72. The number of aromatic carboxylic acids is 1. The Morgan fingerprint density at radius 2 is 1.64 bits per heavy atom. The zero-order valence-electron chi connectivity index (χ0n) is 14.0. The minimum Gasteiger partial charge on any atom is -0.478 e. The molecule has 1 atom stereocenters. The lowest BCUT2D eigenvalue weighted by molar-refractivity contribution is 0.0694. The highest BCUT2D eigenvalue weighted by atomic mass is 32.2. The van der Waals surface area contributed by atoms with Crippen molar-refractivity contribution >= 4 is 26.2 Å². The van der Waals surface area contributed by atoms with E-state index in [0.29, 0.717) is 25.0 Å². The topological polar surface area (TPSA) is 146 Å². The highest BCUT2D eigenvalue weighted by Gasteiger charge is 2.30. The van der Waals surface area contributed by atoms with Crippen molar-refractivity contribution in [3.63, 3.8) is 0 Å². The molecule has 1 aromatic carbocycles. The first-order valence-corrected chi connectivity index (χ1v) is 10.7. The van der Waals surface area contributed by atoms with E-state index in [9.17, 15) is 31.3 Å². The van der Waals surface area contributed by atoms with Gasteiger partial charge in [0, 0.05) is 0 Å². The molecule has 1 unspecified atom stereocenters. The molecule has 8 nitrogen and oxygen atoms in total. The van der Waals surface area contributed by atoms with Crippen LogP contribution in [-0.4, -0.2) is 37.0 Å². The minimum absolute atomic E-state index is 0.138. The summed E-state index contributed by atoms with van der Waals surface area (Å²) in [6.07, 6.45) is 3.38. The van der Waals surface area contributed by atoms with E-state index in [2.05, 4.69) is 0 Å². The standard InChI is InChI=1S/C15H22O8S2/c1-3-5-6-7-10(4-2)14-12(15(16)17)8-11(24(18,19)20)9-13(14)25(21,22)23/h8-10H,3-7H2,1-2H3,(H,16,17)(H,18,19,20)(H,21,22,23). The van der Waals surface area contributed by atoms with Crippen molar-refractivity contribution in [2.75, 3.05) is 0 Å². The Balaban J connectivity index is 3.75. The van der Waals surface area contributed by atoms with Crippen molar-refractivity contribution in [3.05, 3.63) is 23.3 Å². The summed E-state index contributed by atoms with van der Waals surface area (Å²) in [6, 6.07) is 1.30. The maximum Gasteiger partial charge on any atom is 0.336 e. The molecular formula is C15H22O8S2. The van der Waals surface area contributed by atoms with Gasteiger partial charge in [-0.25, -0.2) is 4.79 Å². The Kier molecular flexibility index (Phi) is 7.12. The van der Waals surface area contributed by atoms with E-state index in [1.54, 1.807) is 6.92 Å². The Hall–Kier alpha value is -1.49. The zero-order chi connectivity index (χ0) is 19.4. The van der Waals surface area contributed by atoms with E-state index in [4.69, 9.17) is 4.55 Å². The Labute approximate surface area is 147 Å². The first kappa shape index (κ1) is 21.6. The van der Waals surface area contributed by atoms with Crippen LogP contribution in [0.5, 0.6) is 0 Å². The van der Waals surface area contributed by atoms with Crippen LogP contribution in [0.2, 0.25) is 0 Å². The SMILES string of the molecule is CCCCCC(CC)c1c(C(=O)O)cc(S(=O)(=O)O)cc1S(=O)(=O)O. The van der Waals surface area contributed by atoms with Crippen molar-refractivity contribution in [1.29, 1.82) is 0 Å². The number of rotatable bonds is 9. The fraction of sp³-hybridized carbons (Fsp3) is 0.533. The number of unbranched alkanes of at least 4 members (excludes halogenated alkanes) is 2. The summed E-state index contributed by atoms with van der Waals surface area (Å²) in [5.74, 6) is -2.04. The molecule has 0 aliphatic heterocycles. The predicted octanol–water partition coefficient (Wildman–Crippen LogP) is 2.95. The summed E-state index contributed by atoms with van der Waals surface area (Å²) < 4.78 is 64.8. The lowest BCUT2D eigenvalue weighted by Gasteiger charge is -2.21. The van der Waals surface area contributed by atoms with E-state index < -0.39 is 47.5 Å². The van der Waals surface area contributed by atoms with Crippen molar-refractivity contribution in [1.82, 2.24) is 0 Å². The molecule has 3 N–H and O–H groups in total. The van der Waals surface area contributed by atoms with Crippen LogP contribution >= 0.6 is 0 Å². The maximum atomic E-state index is 11.7. The highest BCUT2D eigenvalue weighted by molar-refractivity contribution is 7.86. The van der Waals surface area contributed by atoms with Gasteiger partial charge in [0.2, 0.25) is 0 Å². The smallest absolute Gasteiger partial charge is 0.336 e. The van der Waals surface area contributed by atoms with Gasteiger partial charge in [0.05, 0.1) is 15.4 Å². The third kappa shape index (κ3) is 5.50. The molecule has 25 heavy (non-hydrogen) atoms. The average Bonchev–Trinajstić information content (AvgIpc) is 2.48. The van der Waals surface area contributed by atoms with Crippen LogP contribution in [0.3, 0.4) is 0 Å². The Morgan fingerprint density at radius 1 is 1.04 bits per heavy atom. The fourth-order valence-electron chi connectivity index (χ4n) is 2.76. The summed E-state index contributed by atoms with van der Waals surface area (Å²) in [4.78, 5) is 9.88. The third-order valence-electron chi connectivity index (χ3n) is 3.98. The first-order valence-electron chi connectivity index (χ1n) is 7.79. The van der Waals surface area contributed by atoms with Gasteiger partial charge in [-0.05, 0) is 36.5 Å². The third-order valence-corrected chi connectivity index (χ3v) is 5.70. The predicted molar refractivity (Wildman–Crippen MR) is 90.2 cm³/mol. The molecule has 10 heteroatoms. The first-order chi connectivity index (χ1) is 11.4. The van der Waals surface area contributed by atoms with E-state index in [1.165, 1.54) is 0 Å². The molecule has 0 bridgehead atoms. The van der Waals surface area contributed by atoms with Crippen LogP contribution in [0, 0.1) is 0 Å². The molecule has 1 rings (SSSR count). The molecule has 0 radical (unpaired) electrons. The van der Waals surface area contributed by atoms with Gasteiger partial charge in [0.25, 0.3) is 20.2 Å². The number of benzene rings is 1. The summed E-state index contributed by atoms with van der Waals surface area (Å²) in [5.41, 5.74) is -0.702. The number of carboxylic acid groups (broad SMARTS) is 1. The zero-order valence-corrected chi connectivity index (χ0v) is 15.6. The second-order valence-corrected chi connectivity index (χ2v) is 8.55. The van der Waals surface area contributed by atoms with E-state index in [1.807, 2.05) is 6.92 Å². The second-order valence-electron chi connectivity index (χ2n) is 5.74. The maximum absolute atomic E-state index is 11.7. The molecule has 142 valence electrons. The van der Waals surface area contributed by atoms with E-state index in [-0.39, 0.29) is 5.56 Å². The molecule has 0 saturated carbocycles. The van der Waals surface area contributed by atoms with Gasteiger partial charge in [-0.3, -0.25) is 9.11 Å².